The smallest absolute Gasteiger partial charge is 0.165 e. The molecule has 2 heterocycles. The molecule has 0 radical (unpaired) electrons. The second-order valence-electron chi connectivity index (χ2n) is 4.72. The predicted octanol–water partition coefficient (Wildman–Crippen LogP) is 2.57. The van der Waals surface area contributed by atoms with Gasteiger partial charge < -0.3 is 10.6 Å². The zero-order valence-corrected chi connectivity index (χ0v) is 13.5. The zero-order valence-electron chi connectivity index (χ0n) is 11.1. The average molecular weight is 341 g/mol. The summed E-state index contributed by atoms with van der Waals surface area (Å²) in [6.07, 6.45) is 4.11. The van der Waals surface area contributed by atoms with Gasteiger partial charge in [0.1, 0.15) is 5.15 Å². The van der Waals surface area contributed by atoms with Crippen LogP contribution in [0.5, 0.6) is 0 Å². The van der Waals surface area contributed by atoms with E-state index in [-0.39, 0.29) is 30.6 Å². The molecule has 1 fully saturated rings. The highest BCUT2D eigenvalue weighted by molar-refractivity contribution is 6.29. The average Bonchev–Trinajstić information content (AvgIpc) is 2.38. The Bertz CT molecular complexity index is 406. The molecule has 1 saturated heterocycles. The molecule has 0 atom stereocenters. The summed E-state index contributed by atoms with van der Waals surface area (Å²) in [6.45, 7) is 2.79. The number of ketones is 1. The number of Topliss-reactive ketones (excluding diaryl/α,β-unsaturated/α-hetero) is 1. The van der Waals surface area contributed by atoms with E-state index in [0.717, 1.165) is 32.5 Å². The Morgan fingerprint density at radius 1 is 1.35 bits per heavy atom. The summed E-state index contributed by atoms with van der Waals surface area (Å²) < 4.78 is 0. The number of hydrogen-bond donors (Lipinski definition) is 1. The van der Waals surface area contributed by atoms with Gasteiger partial charge in [0.2, 0.25) is 0 Å². The second-order valence-corrected chi connectivity index (χ2v) is 5.11. The molecule has 0 spiro atoms. The fourth-order valence-electron chi connectivity index (χ4n) is 2.12. The Morgan fingerprint density at radius 2 is 2.00 bits per heavy atom. The summed E-state index contributed by atoms with van der Waals surface area (Å²) in [5.74, 6) is 0.119. The number of nitrogens with two attached hydrogens (primary N) is 1. The van der Waals surface area contributed by atoms with Crippen LogP contribution in [-0.2, 0) is 0 Å². The fourth-order valence-corrected chi connectivity index (χ4v) is 2.23. The molecule has 2 N–H and O–H groups in total. The first-order valence-corrected chi connectivity index (χ1v) is 6.65. The molecule has 1 aromatic rings. The molecule has 114 valence electrons. The van der Waals surface area contributed by atoms with E-state index in [1.807, 2.05) is 0 Å². The first-order chi connectivity index (χ1) is 8.65. The minimum absolute atomic E-state index is 0. The third-order valence-corrected chi connectivity index (χ3v) is 3.56. The number of piperidine rings is 1. The number of carbonyl (C=O) groups excluding carboxylic acids is 1. The molecule has 1 aromatic heterocycles. The lowest BCUT2D eigenvalue weighted by molar-refractivity contribution is 0.0956. The van der Waals surface area contributed by atoms with E-state index in [0.29, 0.717) is 23.2 Å². The van der Waals surface area contributed by atoms with Gasteiger partial charge in [-0.3, -0.25) is 4.79 Å². The lowest BCUT2D eigenvalue weighted by atomic mass is 10.1. The molecule has 20 heavy (non-hydrogen) atoms. The first kappa shape index (κ1) is 19.6. The third-order valence-electron chi connectivity index (χ3n) is 3.34. The van der Waals surface area contributed by atoms with Crippen LogP contribution in [0.3, 0.4) is 0 Å². The number of aromatic nitrogens is 1. The number of rotatable bonds is 4. The maximum atomic E-state index is 11.9. The van der Waals surface area contributed by atoms with Gasteiger partial charge in [0.15, 0.2) is 5.78 Å². The highest BCUT2D eigenvalue weighted by Crippen LogP contribution is 2.11. The predicted molar refractivity (Wildman–Crippen MR) is 86.3 cm³/mol. The SMILES string of the molecule is Cl.Cl.NC1CCN(CCC(=O)c2ccc(Cl)nc2)CC1. The molecule has 0 unspecified atom stereocenters. The molecule has 0 saturated carbocycles. The summed E-state index contributed by atoms with van der Waals surface area (Å²) in [4.78, 5) is 18.1. The van der Waals surface area contributed by atoms with Gasteiger partial charge in [-0.25, -0.2) is 4.98 Å². The summed E-state index contributed by atoms with van der Waals surface area (Å²) in [6, 6.07) is 3.70. The van der Waals surface area contributed by atoms with Gasteiger partial charge in [-0.2, -0.15) is 0 Å². The maximum absolute atomic E-state index is 11.9. The molecular weight excluding hydrogens is 321 g/mol. The number of carbonyl (C=O) groups is 1. The van der Waals surface area contributed by atoms with Gasteiger partial charge in [-0.1, -0.05) is 11.6 Å². The molecule has 2 rings (SSSR count). The van der Waals surface area contributed by atoms with Crippen LogP contribution in [-0.4, -0.2) is 41.3 Å². The third kappa shape index (κ3) is 5.94. The topological polar surface area (TPSA) is 59.2 Å². The highest BCUT2D eigenvalue weighted by Gasteiger charge is 2.16. The van der Waals surface area contributed by atoms with E-state index in [2.05, 4.69) is 9.88 Å². The van der Waals surface area contributed by atoms with E-state index in [1.165, 1.54) is 6.20 Å². The lowest BCUT2D eigenvalue weighted by Crippen LogP contribution is -2.40. The first-order valence-electron chi connectivity index (χ1n) is 6.28. The number of halogens is 3. The Labute approximate surface area is 136 Å². The zero-order chi connectivity index (χ0) is 13.0. The van der Waals surface area contributed by atoms with Crippen LogP contribution >= 0.6 is 36.4 Å². The van der Waals surface area contributed by atoms with Crippen LogP contribution in [0.4, 0.5) is 0 Å². The van der Waals surface area contributed by atoms with E-state index in [4.69, 9.17) is 17.3 Å². The van der Waals surface area contributed by atoms with Crippen molar-refractivity contribution in [2.75, 3.05) is 19.6 Å². The van der Waals surface area contributed by atoms with Crippen molar-refractivity contribution >= 4 is 42.2 Å². The van der Waals surface area contributed by atoms with Crippen LogP contribution in [0.2, 0.25) is 5.15 Å². The van der Waals surface area contributed by atoms with Crippen LogP contribution in [0, 0.1) is 0 Å². The quantitative estimate of drug-likeness (QED) is 0.676. The minimum atomic E-state index is 0. The van der Waals surface area contributed by atoms with Gasteiger partial charge in [-0.05, 0) is 38.1 Å². The van der Waals surface area contributed by atoms with Crippen LogP contribution in [0.15, 0.2) is 18.3 Å². The van der Waals surface area contributed by atoms with Gasteiger partial charge in [0.05, 0.1) is 0 Å². The summed E-state index contributed by atoms with van der Waals surface area (Å²) in [5, 5.41) is 0.413. The summed E-state index contributed by atoms with van der Waals surface area (Å²) >= 11 is 5.69. The molecular formula is C13H20Cl3N3O. The van der Waals surface area contributed by atoms with Crippen molar-refractivity contribution in [2.45, 2.75) is 25.3 Å². The largest absolute Gasteiger partial charge is 0.328 e. The van der Waals surface area contributed by atoms with Crippen LogP contribution in [0.25, 0.3) is 0 Å². The van der Waals surface area contributed by atoms with Crippen molar-refractivity contribution in [1.29, 1.82) is 0 Å². The number of pyridine rings is 1. The Hall–Kier alpha value is -0.390. The van der Waals surface area contributed by atoms with Gasteiger partial charge in [0.25, 0.3) is 0 Å². The molecule has 0 amide bonds. The number of likely N-dealkylation sites (tertiary alicyclic amines) is 1. The molecule has 1 aliphatic rings. The van der Waals surface area contributed by atoms with Crippen molar-refractivity contribution in [3.63, 3.8) is 0 Å². The van der Waals surface area contributed by atoms with Gasteiger partial charge in [0, 0.05) is 30.8 Å². The standard InChI is InChI=1S/C13H18ClN3O.2ClH/c14-13-2-1-10(9-16-13)12(18)5-8-17-6-3-11(15)4-7-17;;/h1-2,9,11H,3-8,15H2;2*1H. The Morgan fingerprint density at radius 3 is 2.55 bits per heavy atom. The molecule has 1 aliphatic heterocycles. The molecule has 0 aliphatic carbocycles. The molecule has 7 heteroatoms. The van der Waals surface area contributed by atoms with Crippen LogP contribution < -0.4 is 5.73 Å². The highest BCUT2D eigenvalue weighted by atomic mass is 35.5. The molecule has 0 bridgehead atoms. The van der Waals surface area contributed by atoms with E-state index in [9.17, 15) is 4.79 Å². The van der Waals surface area contributed by atoms with Crippen molar-refractivity contribution in [3.8, 4) is 0 Å². The fraction of sp³-hybridized carbons (Fsp3) is 0.538. The number of nitrogens with zero attached hydrogens (tertiary/aromatic N) is 2. The van der Waals surface area contributed by atoms with Crippen molar-refractivity contribution in [2.24, 2.45) is 5.73 Å². The van der Waals surface area contributed by atoms with E-state index < -0.39 is 0 Å². The van der Waals surface area contributed by atoms with Gasteiger partial charge in [-0.15, -0.1) is 24.8 Å². The van der Waals surface area contributed by atoms with Crippen molar-refractivity contribution in [1.82, 2.24) is 9.88 Å². The second kappa shape index (κ2) is 9.53. The Kier molecular flexibility index (Phi) is 9.34. The summed E-state index contributed by atoms with van der Waals surface area (Å²) in [5.41, 5.74) is 6.48. The van der Waals surface area contributed by atoms with Crippen molar-refractivity contribution < 1.29 is 4.79 Å². The van der Waals surface area contributed by atoms with Crippen molar-refractivity contribution in [3.05, 3.63) is 29.0 Å². The van der Waals surface area contributed by atoms with Crippen LogP contribution in [0.1, 0.15) is 29.6 Å². The molecule has 4 nitrogen and oxygen atoms in total. The Balaban J connectivity index is 0.00000180. The monoisotopic (exact) mass is 339 g/mol. The summed E-state index contributed by atoms with van der Waals surface area (Å²) in [7, 11) is 0. The van der Waals surface area contributed by atoms with E-state index >= 15 is 0 Å². The number of hydrogen-bond acceptors (Lipinski definition) is 4. The maximum Gasteiger partial charge on any atom is 0.165 e. The lowest BCUT2D eigenvalue weighted by Gasteiger charge is -2.29. The normalized spacial score (nSPS) is 16.1. The minimum Gasteiger partial charge on any atom is -0.328 e. The van der Waals surface area contributed by atoms with E-state index in [1.54, 1.807) is 12.1 Å². The van der Waals surface area contributed by atoms with Gasteiger partial charge >= 0.3 is 0 Å². The molecule has 0 aromatic carbocycles.